The van der Waals surface area contributed by atoms with Gasteiger partial charge < -0.3 is 14.1 Å². The van der Waals surface area contributed by atoms with Crippen molar-refractivity contribution in [2.24, 2.45) is 0 Å². The van der Waals surface area contributed by atoms with Gasteiger partial charge in [0.15, 0.2) is 6.61 Å². The number of hydrogen-bond acceptors (Lipinski definition) is 5. The molecular formula is C22H21ClN2O4. The van der Waals surface area contributed by atoms with Crippen LogP contribution in [-0.2, 0) is 16.1 Å². The summed E-state index contributed by atoms with van der Waals surface area (Å²) in [4.78, 5) is 28.7. The highest BCUT2D eigenvalue weighted by Crippen LogP contribution is 2.23. The monoisotopic (exact) mass is 412 g/mol. The van der Waals surface area contributed by atoms with Gasteiger partial charge in [0.1, 0.15) is 5.58 Å². The molecule has 150 valence electrons. The molecule has 29 heavy (non-hydrogen) atoms. The molecule has 3 aromatic rings. The second-order valence-electron chi connectivity index (χ2n) is 7.01. The maximum absolute atomic E-state index is 12.4. The Morgan fingerprint density at radius 2 is 1.76 bits per heavy atom. The molecule has 0 saturated carbocycles. The Hall–Kier alpha value is -2.83. The first-order chi connectivity index (χ1) is 14.1. The molecule has 0 N–H and O–H groups in total. The van der Waals surface area contributed by atoms with E-state index in [9.17, 15) is 9.59 Å². The number of benzene rings is 2. The highest BCUT2D eigenvalue weighted by Gasteiger charge is 2.23. The lowest BCUT2D eigenvalue weighted by atomic mass is 10.2. The number of esters is 1. The van der Waals surface area contributed by atoms with Crippen LogP contribution in [0.2, 0.25) is 5.02 Å². The van der Waals surface area contributed by atoms with E-state index in [0.29, 0.717) is 29.1 Å². The third kappa shape index (κ3) is 4.78. The lowest BCUT2D eigenvalue weighted by Gasteiger charge is -2.34. The second-order valence-corrected chi connectivity index (χ2v) is 7.45. The third-order valence-electron chi connectivity index (χ3n) is 4.98. The lowest BCUT2D eigenvalue weighted by molar-refractivity contribution is -0.136. The van der Waals surface area contributed by atoms with E-state index in [-0.39, 0.29) is 18.3 Å². The van der Waals surface area contributed by atoms with Crippen LogP contribution >= 0.6 is 11.6 Å². The van der Waals surface area contributed by atoms with Gasteiger partial charge in [-0.1, -0.05) is 41.9 Å². The number of furan rings is 1. The first kappa shape index (κ1) is 19.5. The summed E-state index contributed by atoms with van der Waals surface area (Å²) < 4.78 is 10.6. The molecule has 2 aromatic carbocycles. The van der Waals surface area contributed by atoms with Crippen LogP contribution in [0.25, 0.3) is 11.0 Å². The lowest BCUT2D eigenvalue weighted by Crippen LogP contribution is -2.49. The maximum atomic E-state index is 12.4. The predicted molar refractivity (Wildman–Crippen MR) is 110 cm³/mol. The molecule has 1 saturated heterocycles. The van der Waals surface area contributed by atoms with Crippen LogP contribution in [0, 0.1) is 0 Å². The van der Waals surface area contributed by atoms with Crippen molar-refractivity contribution in [3.05, 3.63) is 70.9 Å². The molecule has 0 unspecified atom stereocenters. The van der Waals surface area contributed by atoms with Crippen molar-refractivity contribution in [1.82, 2.24) is 9.80 Å². The first-order valence-corrected chi connectivity index (χ1v) is 9.86. The second kappa shape index (κ2) is 8.68. The van der Waals surface area contributed by atoms with Crippen molar-refractivity contribution in [3.63, 3.8) is 0 Å². The minimum Gasteiger partial charge on any atom is -0.450 e. The number of ether oxygens (including phenoxy) is 1. The summed E-state index contributed by atoms with van der Waals surface area (Å²) in [5.74, 6) is -0.798. The zero-order valence-electron chi connectivity index (χ0n) is 15.8. The molecule has 7 heteroatoms. The van der Waals surface area contributed by atoms with E-state index in [1.165, 1.54) is 5.56 Å². The zero-order valence-corrected chi connectivity index (χ0v) is 16.6. The fourth-order valence-electron chi connectivity index (χ4n) is 3.40. The molecule has 1 fully saturated rings. The molecule has 0 radical (unpaired) electrons. The SMILES string of the molecule is O=C(OCC(=O)N1CCN(Cc2ccccc2)CC1)c1cc2cc(Cl)ccc2o1. The number of fused-ring (bicyclic) bond motifs is 1. The van der Waals surface area contributed by atoms with E-state index in [4.69, 9.17) is 20.8 Å². The maximum Gasteiger partial charge on any atom is 0.374 e. The number of carbonyl (C=O) groups is 2. The van der Waals surface area contributed by atoms with Crippen LogP contribution in [0.5, 0.6) is 0 Å². The number of rotatable bonds is 5. The molecule has 1 amide bonds. The van der Waals surface area contributed by atoms with Gasteiger partial charge in [0.25, 0.3) is 5.91 Å². The summed E-state index contributed by atoms with van der Waals surface area (Å²) in [6.45, 7) is 3.39. The molecule has 4 rings (SSSR count). The number of nitrogens with zero attached hydrogens (tertiary/aromatic N) is 2. The van der Waals surface area contributed by atoms with Crippen molar-refractivity contribution in [2.75, 3.05) is 32.8 Å². The molecule has 1 aliphatic rings. The van der Waals surface area contributed by atoms with Gasteiger partial charge in [0.2, 0.25) is 5.76 Å². The standard InChI is InChI=1S/C22H21ClN2O4/c23-18-6-7-19-17(12-18)13-20(29-19)22(27)28-15-21(26)25-10-8-24(9-11-25)14-16-4-2-1-3-5-16/h1-7,12-13H,8-11,14-15H2. The van der Waals surface area contributed by atoms with Crippen LogP contribution in [-0.4, -0.2) is 54.5 Å². The van der Waals surface area contributed by atoms with E-state index in [1.54, 1.807) is 29.2 Å². The normalized spacial score (nSPS) is 14.9. The fraction of sp³-hybridized carbons (Fsp3) is 0.273. The number of piperazine rings is 1. The van der Waals surface area contributed by atoms with Crippen LogP contribution in [0.1, 0.15) is 16.1 Å². The van der Waals surface area contributed by atoms with Crippen molar-refractivity contribution in [3.8, 4) is 0 Å². The van der Waals surface area contributed by atoms with Gasteiger partial charge in [-0.2, -0.15) is 0 Å². The molecule has 6 nitrogen and oxygen atoms in total. The summed E-state index contributed by atoms with van der Waals surface area (Å²) >= 11 is 5.94. The smallest absolute Gasteiger partial charge is 0.374 e. The van der Waals surface area contributed by atoms with Crippen LogP contribution in [0.3, 0.4) is 0 Å². The third-order valence-corrected chi connectivity index (χ3v) is 5.22. The summed E-state index contributed by atoms with van der Waals surface area (Å²) in [6, 6.07) is 16.9. The number of hydrogen-bond donors (Lipinski definition) is 0. The van der Waals surface area contributed by atoms with Crippen LogP contribution < -0.4 is 0 Å². The van der Waals surface area contributed by atoms with Crippen molar-refractivity contribution < 1.29 is 18.7 Å². The topological polar surface area (TPSA) is 63.0 Å². The Balaban J connectivity index is 1.26. The summed E-state index contributed by atoms with van der Waals surface area (Å²) in [5, 5.41) is 1.27. The Bertz CT molecular complexity index is 1010. The van der Waals surface area contributed by atoms with Gasteiger partial charge in [-0.15, -0.1) is 0 Å². The van der Waals surface area contributed by atoms with E-state index in [0.717, 1.165) is 19.6 Å². The Morgan fingerprint density at radius 1 is 1.00 bits per heavy atom. The van der Waals surface area contributed by atoms with Crippen LogP contribution in [0.4, 0.5) is 0 Å². The molecule has 1 aromatic heterocycles. The van der Waals surface area contributed by atoms with Gasteiger partial charge in [-0.05, 0) is 29.8 Å². The van der Waals surface area contributed by atoms with Crippen molar-refractivity contribution in [2.45, 2.75) is 6.54 Å². The Morgan fingerprint density at radius 3 is 2.52 bits per heavy atom. The minimum atomic E-state index is -0.659. The molecule has 0 spiro atoms. The van der Waals surface area contributed by atoms with E-state index in [1.807, 2.05) is 18.2 Å². The number of halogens is 1. The average molecular weight is 413 g/mol. The Labute approximate surface area is 173 Å². The van der Waals surface area contributed by atoms with E-state index < -0.39 is 5.97 Å². The molecule has 0 bridgehead atoms. The minimum absolute atomic E-state index is 0.0581. The summed E-state index contributed by atoms with van der Waals surface area (Å²) in [7, 11) is 0. The van der Waals surface area contributed by atoms with E-state index in [2.05, 4.69) is 17.0 Å². The molecular weight excluding hydrogens is 392 g/mol. The first-order valence-electron chi connectivity index (χ1n) is 9.49. The highest BCUT2D eigenvalue weighted by atomic mass is 35.5. The highest BCUT2D eigenvalue weighted by molar-refractivity contribution is 6.31. The molecule has 0 atom stereocenters. The predicted octanol–water partition coefficient (Wildman–Crippen LogP) is 3.59. The average Bonchev–Trinajstić information content (AvgIpc) is 3.16. The van der Waals surface area contributed by atoms with Gasteiger partial charge in [0.05, 0.1) is 0 Å². The number of amides is 1. The number of carbonyl (C=O) groups excluding carboxylic acids is 2. The summed E-state index contributed by atoms with van der Waals surface area (Å²) in [5.41, 5.74) is 1.80. The van der Waals surface area contributed by atoms with Crippen molar-refractivity contribution in [1.29, 1.82) is 0 Å². The van der Waals surface area contributed by atoms with E-state index >= 15 is 0 Å². The largest absolute Gasteiger partial charge is 0.450 e. The van der Waals surface area contributed by atoms with Gasteiger partial charge >= 0.3 is 5.97 Å². The summed E-state index contributed by atoms with van der Waals surface area (Å²) in [6.07, 6.45) is 0. The van der Waals surface area contributed by atoms with Crippen LogP contribution in [0.15, 0.2) is 59.0 Å². The van der Waals surface area contributed by atoms with Crippen molar-refractivity contribution >= 4 is 34.4 Å². The Kier molecular flexibility index (Phi) is 5.83. The zero-order chi connectivity index (χ0) is 20.2. The molecule has 2 heterocycles. The van der Waals surface area contributed by atoms with Gasteiger partial charge in [-0.25, -0.2) is 4.79 Å². The quantitative estimate of drug-likeness (QED) is 0.599. The molecule has 0 aliphatic carbocycles. The van der Waals surface area contributed by atoms with Gasteiger partial charge in [-0.3, -0.25) is 9.69 Å². The molecule has 1 aliphatic heterocycles. The fourth-order valence-corrected chi connectivity index (χ4v) is 3.58. The van der Waals surface area contributed by atoms with Gasteiger partial charge in [0, 0.05) is 43.1 Å².